The number of benzene rings is 1. The van der Waals surface area contributed by atoms with E-state index in [1.165, 1.54) is 5.56 Å². The fourth-order valence-electron chi connectivity index (χ4n) is 2.85. The number of nitrogens with zero attached hydrogens (tertiary/aromatic N) is 1. The van der Waals surface area contributed by atoms with Crippen molar-refractivity contribution >= 4 is 17.3 Å². The van der Waals surface area contributed by atoms with Gasteiger partial charge in [0.1, 0.15) is 0 Å². The molecule has 1 aliphatic rings. The Labute approximate surface area is 142 Å². The van der Waals surface area contributed by atoms with Crippen molar-refractivity contribution < 1.29 is 9.53 Å². The van der Waals surface area contributed by atoms with Crippen molar-refractivity contribution in [3.63, 3.8) is 0 Å². The molecule has 1 aromatic heterocycles. The summed E-state index contributed by atoms with van der Waals surface area (Å²) in [6, 6.07) is 7.78. The molecule has 1 amide bonds. The van der Waals surface area contributed by atoms with E-state index >= 15 is 0 Å². The number of hydrogen-bond donors (Lipinski definition) is 2. The van der Waals surface area contributed by atoms with Gasteiger partial charge in [-0.25, -0.2) is 0 Å². The maximum absolute atomic E-state index is 12.5. The fourth-order valence-corrected chi connectivity index (χ4v) is 2.85. The topological polar surface area (TPSA) is 63.2 Å². The largest absolute Gasteiger partial charge is 0.381 e. The summed E-state index contributed by atoms with van der Waals surface area (Å²) in [5, 5.41) is 6.24. The number of nitrogens with one attached hydrogen (secondary N) is 2. The van der Waals surface area contributed by atoms with E-state index in [1.54, 1.807) is 12.4 Å². The predicted molar refractivity (Wildman–Crippen MR) is 95.6 cm³/mol. The van der Waals surface area contributed by atoms with Crippen molar-refractivity contribution in [3.05, 3.63) is 53.3 Å². The number of ether oxygens (including phenoxy) is 1. The lowest BCUT2D eigenvalue weighted by Crippen LogP contribution is -2.19. The lowest BCUT2D eigenvalue weighted by Gasteiger charge is -2.13. The van der Waals surface area contributed by atoms with Crippen LogP contribution in [-0.4, -0.2) is 30.1 Å². The zero-order valence-electron chi connectivity index (χ0n) is 14.1. The van der Waals surface area contributed by atoms with Crippen molar-refractivity contribution in [3.8, 4) is 0 Å². The fraction of sp³-hybridized carbons (Fsp3) is 0.368. The molecule has 1 unspecified atom stereocenters. The van der Waals surface area contributed by atoms with Crippen LogP contribution in [0.2, 0.25) is 0 Å². The van der Waals surface area contributed by atoms with Gasteiger partial charge in [0.2, 0.25) is 0 Å². The first-order valence-electron chi connectivity index (χ1n) is 8.31. The van der Waals surface area contributed by atoms with E-state index in [0.717, 1.165) is 42.9 Å². The van der Waals surface area contributed by atoms with Crippen molar-refractivity contribution in [2.24, 2.45) is 0 Å². The van der Waals surface area contributed by atoms with Gasteiger partial charge < -0.3 is 15.4 Å². The first kappa shape index (κ1) is 16.5. The smallest absolute Gasteiger partial charge is 0.257 e. The second-order valence-corrected chi connectivity index (χ2v) is 6.25. The molecular formula is C19H23N3O2. The van der Waals surface area contributed by atoms with Gasteiger partial charge in [0.25, 0.3) is 5.91 Å². The molecule has 5 nitrogen and oxygen atoms in total. The summed E-state index contributed by atoms with van der Waals surface area (Å²) in [5.41, 5.74) is 4.41. The first-order chi connectivity index (χ1) is 11.6. The molecule has 24 heavy (non-hydrogen) atoms. The Hall–Kier alpha value is -2.40. The van der Waals surface area contributed by atoms with Crippen LogP contribution in [0.1, 0.15) is 34.3 Å². The summed E-state index contributed by atoms with van der Waals surface area (Å²) in [6.45, 7) is 5.60. The van der Waals surface area contributed by atoms with Gasteiger partial charge in [-0.2, -0.15) is 0 Å². The number of carbonyl (C=O) groups excluding carboxylic acids is 1. The lowest BCUT2D eigenvalue weighted by atomic mass is 10.1. The van der Waals surface area contributed by atoms with Gasteiger partial charge in [0, 0.05) is 31.2 Å². The maximum Gasteiger partial charge on any atom is 0.257 e. The summed E-state index contributed by atoms with van der Waals surface area (Å²) in [4.78, 5) is 16.6. The Morgan fingerprint density at radius 2 is 2.17 bits per heavy atom. The molecule has 1 atom stereocenters. The third-order valence-corrected chi connectivity index (χ3v) is 4.19. The quantitative estimate of drug-likeness (QED) is 0.882. The van der Waals surface area contributed by atoms with Crippen LogP contribution in [-0.2, 0) is 4.74 Å². The summed E-state index contributed by atoms with van der Waals surface area (Å²) in [7, 11) is 0. The number of aryl methyl sites for hydroxylation is 2. The molecule has 2 N–H and O–H groups in total. The van der Waals surface area contributed by atoms with Crippen LogP contribution in [0.4, 0.5) is 11.4 Å². The minimum Gasteiger partial charge on any atom is -0.381 e. The van der Waals surface area contributed by atoms with E-state index in [4.69, 9.17) is 4.74 Å². The zero-order valence-corrected chi connectivity index (χ0v) is 14.1. The Balaban J connectivity index is 1.65. The summed E-state index contributed by atoms with van der Waals surface area (Å²) < 4.78 is 5.59. The third-order valence-electron chi connectivity index (χ3n) is 4.19. The van der Waals surface area contributed by atoms with Gasteiger partial charge in [0.15, 0.2) is 0 Å². The lowest BCUT2D eigenvalue weighted by molar-refractivity contribution is 0.102. The average Bonchev–Trinajstić information content (AvgIpc) is 3.09. The summed E-state index contributed by atoms with van der Waals surface area (Å²) in [5.74, 6) is -0.157. The molecule has 0 radical (unpaired) electrons. The van der Waals surface area contributed by atoms with E-state index < -0.39 is 0 Å². The molecule has 0 bridgehead atoms. The molecule has 2 heterocycles. The zero-order chi connectivity index (χ0) is 16.9. The summed E-state index contributed by atoms with van der Waals surface area (Å²) >= 11 is 0. The average molecular weight is 325 g/mol. The second kappa shape index (κ2) is 7.45. The highest BCUT2D eigenvalue weighted by molar-refractivity contribution is 6.04. The molecule has 5 heteroatoms. The van der Waals surface area contributed by atoms with Crippen LogP contribution in [0, 0.1) is 13.8 Å². The summed E-state index contributed by atoms with van der Waals surface area (Å²) in [6.07, 6.45) is 5.74. The van der Waals surface area contributed by atoms with Crippen LogP contribution in [0.15, 0.2) is 36.7 Å². The van der Waals surface area contributed by atoms with E-state index in [2.05, 4.69) is 15.6 Å². The van der Waals surface area contributed by atoms with Crippen molar-refractivity contribution in [1.29, 1.82) is 0 Å². The van der Waals surface area contributed by atoms with Crippen LogP contribution in [0.3, 0.4) is 0 Å². The molecule has 0 aliphatic carbocycles. The van der Waals surface area contributed by atoms with E-state index in [-0.39, 0.29) is 12.0 Å². The third kappa shape index (κ3) is 4.11. The van der Waals surface area contributed by atoms with Crippen molar-refractivity contribution in [2.75, 3.05) is 23.8 Å². The van der Waals surface area contributed by atoms with Gasteiger partial charge >= 0.3 is 0 Å². The normalized spacial score (nSPS) is 16.8. The number of hydrogen-bond acceptors (Lipinski definition) is 4. The van der Waals surface area contributed by atoms with E-state index in [0.29, 0.717) is 5.56 Å². The second-order valence-electron chi connectivity index (χ2n) is 6.25. The van der Waals surface area contributed by atoms with Gasteiger partial charge in [0.05, 0.1) is 17.4 Å². The minimum absolute atomic E-state index is 0.157. The first-order valence-corrected chi connectivity index (χ1v) is 8.31. The van der Waals surface area contributed by atoms with Crippen LogP contribution < -0.4 is 10.6 Å². The highest BCUT2D eigenvalue weighted by Crippen LogP contribution is 2.18. The Bertz CT molecular complexity index is 724. The van der Waals surface area contributed by atoms with Gasteiger partial charge in [-0.3, -0.25) is 9.78 Å². The van der Waals surface area contributed by atoms with Crippen molar-refractivity contribution in [2.45, 2.75) is 32.8 Å². The molecule has 0 spiro atoms. The number of rotatable bonds is 5. The van der Waals surface area contributed by atoms with Crippen LogP contribution >= 0.6 is 0 Å². The molecule has 2 aromatic rings. The van der Waals surface area contributed by atoms with Gasteiger partial charge in [-0.05, 0) is 44.4 Å². The monoisotopic (exact) mass is 325 g/mol. The number of pyridine rings is 1. The maximum atomic E-state index is 12.5. The SMILES string of the molecule is Cc1ccc(NC(=O)c2cncc(NCC3CCCO3)c2)c(C)c1. The Morgan fingerprint density at radius 1 is 1.29 bits per heavy atom. The number of aromatic nitrogens is 1. The molecular weight excluding hydrogens is 302 g/mol. The molecule has 126 valence electrons. The van der Waals surface area contributed by atoms with Gasteiger partial charge in [-0.1, -0.05) is 17.7 Å². The molecule has 0 saturated carbocycles. The number of anilines is 2. The highest BCUT2D eigenvalue weighted by atomic mass is 16.5. The minimum atomic E-state index is -0.157. The molecule has 1 aromatic carbocycles. The molecule has 1 saturated heterocycles. The van der Waals surface area contributed by atoms with Gasteiger partial charge in [-0.15, -0.1) is 0 Å². The number of carbonyl (C=O) groups is 1. The molecule has 3 rings (SSSR count). The van der Waals surface area contributed by atoms with E-state index in [1.807, 2.05) is 38.1 Å². The predicted octanol–water partition coefficient (Wildman–Crippen LogP) is 3.54. The van der Waals surface area contributed by atoms with Crippen LogP contribution in [0.5, 0.6) is 0 Å². The van der Waals surface area contributed by atoms with Crippen LogP contribution in [0.25, 0.3) is 0 Å². The van der Waals surface area contributed by atoms with E-state index in [9.17, 15) is 4.79 Å². The standard InChI is InChI=1S/C19H23N3O2/c1-13-5-6-18(14(2)8-13)22-19(23)15-9-16(11-20-10-15)21-12-17-4-3-7-24-17/h5-6,8-11,17,21H,3-4,7,12H2,1-2H3,(H,22,23). The Morgan fingerprint density at radius 3 is 2.92 bits per heavy atom. The highest BCUT2D eigenvalue weighted by Gasteiger charge is 2.15. The van der Waals surface area contributed by atoms with Crippen molar-refractivity contribution in [1.82, 2.24) is 4.98 Å². The molecule has 1 aliphatic heterocycles. The molecule has 1 fully saturated rings. The number of amides is 1. The Kier molecular flexibility index (Phi) is 5.11.